The molecule has 33 heavy (non-hydrogen) atoms. The van der Waals surface area contributed by atoms with Gasteiger partial charge < -0.3 is 15.0 Å². The number of anilines is 1. The molecule has 176 valence electrons. The molecule has 1 amide bonds. The number of aromatic amines is 2. The normalized spacial score (nSPS) is 16.0. The van der Waals surface area contributed by atoms with Gasteiger partial charge in [0.15, 0.2) is 0 Å². The molecule has 0 unspecified atom stereocenters. The first-order chi connectivity index (χ1) is 15.5. The average molecular weight is 491 g/mol. The Balaban J connectivity index is 1.55. The van der Waals surface area contributed by atoms with Crippen molar-refractivity contribution in [2.75, 3.05) is 18.0 Å². The zero-order valence-corrected chi connectivity index (χ0v) is 20.6. The molecule has 3 N–H and O–H groups in total. The van der Waals surface area contributed by atoms with Crippen molar-refractivity contribution in [3.63, 3.8) is 0 Å². The lowest BCUT2D eigenvalue weighted by Crippen LogP contribution is -2.54. The lowest BCUT2D eigenvalue weighted by Gasteiger charge is -2.41. The van der Waals surface area contributed by atoms with Gasteiger partial charge in [0.1, 0.15) is 11.3 Å². The van der Waals surface area contributed by atoms with E-state index in [1.807, 2.05) is 45.9 Å². The summed E-state index contributed by atoms with van der Waals surface area (Å²) in [5.74, 6) is 0. The lowest BCUT2D eigenvalue weighted by atomic mass is 9.89. The van der Waals surface area contributed by atoms with Crippen LogP contribution >= 0.6 is 23.2 Å². The molecule has 1 aromatic carbocycles. The molecule has 1 aliphatic heterocycles. The molecule has 3 aromatic rings. The van der Waals surface area contributed by atoms with Crippen molar-refractivity contribution in [1.82, 2.24) is 25.7 Å². The van der Waals surface area contributed by atoms with E-state index in [1.165, 1.54) is 0 Å². The second-order valence-electron chi connectivity index (χ2n) is 9.56. The molecule has 0 atom stereocenters. The van der Waals surface area contributed by atoms with Crippen molar-refractivity contribution >= 4 is 35.0 Å². The molecule has 0 aliphatic carbocycles. The first-order valence-electron chi connectivity index (χ1n) is 10.8. The summed E-state index contributed by atoms with van der Waals surface area (Å²) in [7, 11) is 0. The van der Waals surface area contributed by atoms with Gasteiger partial charge in [0.05, 0.1) is 21.4 Å². The van der Waals surface area contributed by atoms with Crippen LogP contribution in [0.3, 0.4) is 0 Å². The Bertz CT molecular complexity index is 1130. The van der Waals surface area contributed by atoms with Crippen LogP contribution in [0.15, 0.2) is 30.5 Å². The van der Waals surface area contributed by atoms with Crippen LogP contribution in [0.2, 0.25) is 10.0 Å². The topological polar surface area (TPSA) is 98.9 Å². The Labute approximate surface area is 203 Å². The summed E-state index contributed by atoms with van der Waals surface area (Å²) in [6.07, 6.45) is 2.87. The van der Waals surface area contributed by atoms with Gasteiger partial charge in [0, 0.05) is 36.1 Å². The number of carbonyl (C=O) groups excluding carboxylic acids is 1. The molecule has 0 radical (unpaired) electrons. The first kappa shape index (κ1) is 23.4. The van der Waals surface area contributed by atoms with Crippen LogP contribution in [-0.4, -0.2) is 50.7 Å². The number of piperidine rings is 1. The van der Waals surface area contributed by atoms with Gasteiger partial charge in [-0.15, -0.1) is 0 Å². The zero-order valence-electron chi connectivity index (χ0n) is 19.1. The van der Waals surface area contributed by atoms with Crippen LogP contribution in [-0.2, 0) is 4.74 Å². The fraction of sp³-hybridized carbons (Fsp3) is 0.435. The second kappa shape index (κ2) is 8.91. The Hall–Kier alpha value is -2.71. The van der Waals surface area contributed by atoms with Crippen LogP contribution < -0.4 is 10.2 Å². The van der Waals surface area contributed by atoms with E-state index < -0.39 is 11.7 Å². The van der Waals surface area contributed by atoms with Crippen molar-refractivity contribution < 1.29 is 9.53 Å². The predicted octanol–water partition coefficient (Wildman–Crippen LogP) is 5.66. The Morgan fingerprint density at radius 1 is 1.15 bits per heavy atom. The van der Waals surface area contributed by atoms with Crippen LogP contribution in [0.4, 0.5) is 10.5 Å². The predicted molar refractivity (Wildman–Crippen MR) is 131 cm³/mol. The van der Waals surface area contributed by atoms with Gasteiger partial charge in [0.2, 0.25) is 0 Å². The van der Waals surface area contributed by atoms with Gasteiger partial charge >= 0.3 is 6.09 Å². The van der Waals surface area contributed by atoms with Crippen molar-refractivity contribution in [1.29, 1.82) is 0 Å². The standard InChI is InChI=1S/C23H28Cl2N6O2/c1-22(2,3)33-21(32)27-23(4)8-11-31(12-9-23)18-6-5-14(24)20(25)19(18)17-13-16(29-30-17)15-7-10-26-28-15/h5-7,10,13H,8-9,11-12H2,1-4H3,(H,26,28)(H,27,32)(H,29,30). The largest absolute Gasteiger partial charge is 0.444 e. The number of ether oxygens (including phenoxy) is 1. The lowest BCUT2D eigenvalue weighted by molar-refractivity contribution is 0.0448. The zero-order chi connectivity index (χ0) is 23.8. The summed E-state index contributed by atoms with van der Waals surface area (Å²) in [5.41, 5.74) is 3.06. The minimum absolute atomic E-state index is 0.353. The highest BCUT2D eigenvalue weighted by molar-refractivity contribution is 6.44. The molecular formula is C23H28Cl2N6O2. The number of hydrogen-bond acceptors (Lipinski definition) is 5. The van der Waals surface area contributed by atoms with Crippen LogP contribution in [0.1, 0.15) is 40.5 Å². The van der Waals surface area contributed by atoms with E-state index in [1.54, 1.807) is 12.3 Å². The van der Waals surface area contributed by atoms with Crippen molar-refractivity contribution in [3.8, 4) is 22.6 Å². The Kier molecular flexibility index (Phi) is 6.33. The van der Waals surface area contributed by atoms with E-state index in [0.29, 0.717) is 15.7 Å². The Morgan fingerprint density at radius 3 is 2.52 bits per heavy atom. The van der Waals surface area contributed by atoms with Gasteiger partial charge in [-0.05, 0) is 64.8 Å². The highest BCUT2D eigenvalue weighted by Gasteiger charge is 2.34. The minimum atomic E-state index is -0.533. The molecular weight excluding hydrogens is 463 g/mol. The van der Waals surface area contributed by atoms with Crippen LogP contribution in [0.25, 0.3) is 22.6 Å². The number of carbonyl (C=O) groups is 1. The number of nitrogens with one attached hydrogen (secondary N) is 3. The maximum absolute atomic E-state index is 12.3. The molecule has 1 fully saturated rings. The number of aromatic nitrogens is 4. The maximum atomic E-state index is 12.3. The van der Waals surface area contributed by atoms with Crippen LogP contribution in [0, 0.1) is 0 Å². The fourth-order valence-corrected chi connectivity index (χ4v) is 4.37. The average Bonchev–Trinajstić information content (AvgIpc) is 3.40. The molecule has 2 aromatic heterocycles. The molecule has 1 aliphatic rings. The number of benzene rings is 1. The third kappa shape index (κ3) is 5.28. The maximum Gasteiger partial charge on any atom is 0.408 e. The number of hydrogen-bond donors (Lipinski definition) is 3. The van der Waals surface area contributed by atoms with Gasteiger partial charge in [-0.2, -0.15) is 10.2 Å². The highest BCUT2D eigenvalue weighted by Crippen LogP contribution is 2.42. The smallest absolute Gasteiger partial charge is 0.408 e. The summed E-state index contributed by atoms with van der Waals surface area (Å²) >= 11 is 13.0. The van der Waals surface area contributed by atoms with E-state index in [9.17, 15) is 4.79 Å². The molecule has 0 bridgehead atoms. The summed E-state index contributed by atoms with van der Waals surface area (Å²) in [5, 5.41) is 18.5. The van der Waals surface area contributed by atoms with Gasteiger partial charge in [-0.25, -0.2) is 4.79 Å². The van der Waals surface area contributed by atoms with Crippen molar-refractivity contribution in [2.45, 2.75) is 51.7 Å². The first-order valence-corrected chi connectivity index (χ1v) is 11.6. The van der Waals surface area contributed by atoms with E-state index >= 15 is 0 Å². The number of halogens is 2. The number of nitrogens with zero attached hydrogens (tertiary/aromatic N) is 3. The molecule has 10 heteroatoms. The molecule has 3 heterocycles. The fourth-order valence-electron chi connectivity index (χ4n) is 3.96. The third-order valence-electron chi connectivity index (χ3n) is 5.69. The highest BCUT2D eigenvalue weighted by atomic mass is 35.5. The summed E-state index contributed by atoms with van der Waals surface area (Å²) in [4.78, 5) is 14.6. The van der Waals surface area contributed by atoms with Gasteiger partial charge in [-0.1, -0.05) is 23.2 Å². The van der Waals surface area contributed by atoms with E-state index in [0.717, 1.165) is 48.6 Å². The molecule has 0 spiro atoms. The summed E-state index contributed by atoms with van der Waals surface area (Å²) in [6, 6.07) is 7.55. The SMILES string of the molecule is CC1(NC(=O)OC(C)(C)C)CCN(c2ccc(Cl)c(Cl)c2-c2cc(-c3cc[nH]n3)[nH]n2)CC1. The van der Waals surface area contributed by atoms with Crippen molar-refractivity contribution in [3.05, 3.63) is 40.5 Å². The molecule has 0 saturated carbocycles. The second-order valence-corrected chi connectivity index (χ2v) is 10.3. The Morgan fingerprint density at radius 2 is 1.88 bits per heavy atom. The molecule has 1 saturated heterocycles. The minimum Gasteiger partial charge on any atom is -0.444 e. The molecule has 4 rings (SSSR count). The quantitative estimate of drug-likeness (QED) is 0.438. The number of amides is 1. The summed E-state index contributed by atoms with van der Waals surface area (Å²) in [6.45, 7) is 9.08. The van der Waals surface area contributed by atoms with Gasteiger partial charge in [0.25, 0.3) is 0 Å². The van der Waals surface area contributed by atoms with E-state index in [4.69, 9.17) is 27.9 Å². The third-order valence-corrected chi connectivity index (χ3v) is 6.50. The van der Waals surface area contributed by atoms with Crippen molar-refractivity contribution in [2.24, 2.45) is 0 Å². The monoisotopic (exact) mass is 490 g/mol. The number of rotatable bonds is 4. The summed E-state index contributed by atoms with van der Waals surface area (Å²) < 4.78 is 5.44. The van der Waals surface area contributed by atoms with Crippen LogP contribution in [0.5, 0.6) is 0 Å². The molecule has 8 nitrogen and oxygen atoms in total. The van der Waals surface area contributed by atoms with E-state index in [2.05, 4.69) is 30.6 Å². The van der Waals surface area contributed by atoms with E-state index in [-0.39, 0.29) is 5.54 Å². The number of alkyl carbamates (subject to hydrolysis) is 1. The van der Waals surface area contributed by atoms with Gasteiger partial charge in [-0.3, -0.25) is 10.2 Å². The number of H-pyrrole nitrogens is 2.